The predicted molar refractivity (Wildman–Crippen MR) is 96.9 cm³/mol. The fourth-order valence-electron chi connectivity index (χ4n) is 3.50. The molecule has 26 heavy (non-hydrogen) atoms. The van der Waals surface area contributed by atoms with Gasteiger partial charge in [-0.2, -0.15) is 0 Å². The second-order valence-corrected chi connectivity index (χ2v) is 6.64. The van der Waals surface area contributed by atoms with Crippen LogP contribution < -0.4 is 4.90 Å². The molecule has 1 N–H and O–H groups in total. The number of benzene rings is 2. The van der Waals surface area contributed by atoms with Crippen molar-refractivity contribution in [2.24, 2.45) is 5.92 Å². The van der Waals surface area contributed by atoms with E-state index in [1.165, 1.54) is 12.1 Å². The minimum absolute atomic E-state index is 0.266. The molecule has 132 valence electrons. The van der Waals surface area contributed by atoms with Gasteiger partial charge in [-0.1, -0.05) is 18.2 Å². The highest BCUT2D eigenvalue weighted by Gasteiger charge is 2.24. The number of fused-ring (bicyclic) bond motifs is 1. The second kappa shape index (κ2) is 6.71. The van der Waals surface area contributed by atoms with E-state index < -0.39 is 11.8 Å². The van der Waals surface area contributed by atoms with Crippen molar-refractivity contribution >= 4 is 22.8 Å². The summed E-state index contributed by atoms with van der Waals surface area (Å²) in [6, 6.07) is 12.1. The number of hydrogen-bond donors (Lipinski definition) is 1. The molecule has 0 amide bonds. The summed E-state index contributed by atoms with van der Waals surface area (Å²) in [6.07, 6.45) is 3.50. The fourth-order valence-corrected chi connectivity index (χ4v) is 3.50. The highest BCUT2D eigenvalue weighted by Crippen LogP contribution is 2.26. The lowest BCUT2D eigenvalue weighted by molar-refractivity contribution is 0.0691. The molecule has 4 rings (SSSR count). The predicted octanol–water partition coefficient (Wildman–Crippen LogP) is 3.54. The number of aromatic carboxylic acids is 1. The Labute approximate surface area is 150 Å². The first-order valence-corrected chi connectivity index (χ1v) is 8.58. The molecule has 3 aromatic rings. The Hall–Kier alpha value is -3.02. The van der Waals surface area contributed by atoms with Crippen molar-refractivity contribution in [3.8, 4) is 0 Å². The summed E-state index contributed by atoms with van der Waals surface area (Å²) < 4.78 is 13.5. The zero-order valence-corrected chi connectivity index (χ0v) is 14.1. The normalized spacial score (nSPS) is 17.0. The molecule has 1 fully saturated rings. The minimum atomic E-state index is -1.23. The molecule has 1 unspecified atom stereocenters. The van der Waals surface area contributed by atoms with Gasteiger partial charge in [0.25, 0.3) is 0 Å². The number of halogens is 1. The molecule has 2 aromatic carbocycles. The van der Waals surface area contributed by atoms with Gasteiger partial charge in [-0.05, 0) is 48.6 Å². The van der Waals surface area contributed by atoms with Crippen LogP contribution >= 0.6 is 0 Å². The molecular formula is C20H18FN3O2. The summed E-state index contributed by atoms with van der Waals surface area (Å²) in [5, 5.41) is 9.06. The van der Waals surface area contributed by atoms with Crippen LogP contribution in [0.25, 0.3) is 11.0 Å². The molecule has 0 spiro atoms. The van der Waals surface area contributed by atoms with Gasteiger partial charge in [0, 0.05) is 13.1 Å². The number of aromatic nitrogens is 2. The molecule has 5 nitrogen and oxygen atoms in total. The number of carboxylic acid groups (broad SMARTS) is 1. The number of rotatable bonds is 4. The Morgan fingerprint density at radius 1 is 1.23 bits per heavy atom. The Morgan fingerprint density at radius 2 is 2.04 bits per heavy atom. The third-order valence-electron chi connectivity index (χ3n) is 4.83. The lowest BCUT2D eigenvalue weighted by Crippen LogP contribution is -2.21. The smallest absolute Gasteiger partial charge is 0.338 e. The number of para-hydroxylation sites is 2. The van der Waals surface area contributed by atoms with Gasteiger partial charge in [0.05, 0.1) is 22.8 Å². The molecule has 1 aromatic heterocycles. The summed E-state index contributed by atoms with van der Waals surface area (Å²) >= 11 is 0. The SMILES string of the molecule is O=C(O)c1cc(CC2CCN(c3cnc4ccccc4n3)C2)ccc1F. The van der Waals surface area contributed by atoms with E-state index in [1.807, 2.05) is 24.3 Å². The standard InChI is InChI=1S/C20H18FN3O2/c21-16-6-5-13(10-15(16)20(25)26)9-14-7-8-24(12-14)19-11-22-17-3-1-2-4-18(17)23-19/h1-6,10-11,14H,7-9,12H2,(H,25,26). The molecule has 0 radical (unpaired) electrons. The quantitative estimate of drug-likeness (QED) is 0.779. The number of nitrogens with zero attached hydrogens (tertiary/aromatic N) is 3. The average Bonchev–Trinajstić information content (AvgIpc) is 3.11. The topological polar surface area (TPSA) is 66.3 Å². The van der Waals surface area contributed by atoms with Gasteiger partial charge in [0.2, 0.25) is 0 Å². The third kappa shape index (κ3) is 3.22. The number of anilines is 1. The molecule has 1 aliphatic heterocycles. The van der Waals surface area contributed by atoms with Crippen molar-refractivity contribution in [1.29, 1.82) is 0 Å². The van der Waals surface area contributed by atoms with Crippen LogP contribution in [-0.2, 0) is 6.42 Å². The van der Waals surface area contributed by atoms with Crippen LogP contribution in [0.1, 0.15) is 22.3 Å². The Balaban J connectivity index is 1.48. The van der Waals surface area contributed by atoms with E-state index in [2.05, 4.69) is 14.9 Å². The lowest BCUT2D eigenvalue weighted by Gasteiger charge is -2.17. The first kappa shape index (κ1) is 16.4. The maximum Gasteiger partial charge on any atom is 0.338 e. The van der Waals surface area contributed by atoms with E-state index in [0.29, 0.717) is 5.92 Å². The molecule has 2 heterocycles. The van der Waals surface area contributed by atoms with Crippen LogP contribution in [0, 0.1) is 11.7 Å². The van der Waals surface area contributed by atoms with Gasteiger partial charge in [0.1, 0.15) is 11.6 Å². The fraction of sp³-hybridized carbons (Fsp3) is 0.250. The number of carbonyl (C=O) groups is 1. The van der Waals surface area contributed by atoms with Crippen LogP contribution in [-0.4, -0.2) is 34.1 Å². The van der Waals surface area contributed by atoms with Crippen LogP contribution in [0.3, 0.4) is 0 Å². The summed E-state index contributed by atoms with van der Waals surface area (Å²) in [6.45, 7) is 1.71. The van der Waals surface area contributed by atoms with Crippen LogP contribution in [0.15, 0.2) is 48.7 Å². The van der Waals surface area contributed by atoms with E-state index in [-0.39, 0.29) is 5.56 Å². The molecule has 6 heteroatoms. The maximum absolute atomic E-state index is 13.5. The van der Waals surface area contributed by atoms with Crippen molar-refractivity contribution in [3.05, 3.63) is 65.6 Å². The average molecular weight is 351 g/mol. The second-order valence-electron chi connectivity index (χ2n) is 6.64. The van der Waals surface area contributed by atoms with Crippen molar-refractivity contribution in [2.75, 3.05) is 18.0 Å². The molecule has 1 saturated heterocycles. The Kier molecular flexibility index (Phi) is 4.24. The molecule has 0 bridgehead atoms. The Morgan fingerprint density at radius 3 is 2.85 bits per heavy atom. The molecule has 0 aliphatic carbocycles. The van der Waals surface area contributed by atoms with Crippen molar-refractivity contribution in [1.82, 2.24) is 9.97 Å². The summed E-state index contributed by atoms with van der Waals surface area (Å²) in [5.41, 5.74) is 2.33. The van der Waals surface area contributed by atoms with Gasteiger partial charge in [-0.25, -0.2) is 14.2 Å². The van der Waals surface area contributed by atoms with Gasteiger partial charge >= 0.3 is 5.97 Å². The third-order valence-corrected chi connectivity index (χ3v) is 4.83. The highest BCUT2D eigenvalue weighted by atomic mass is 19.1. The van der Waals surface area contributed by atoms with Crippen molar-refractivity contribution < 1.29 is 14.3 Å². The van der Waals surface area contributed by atoms with Gasteiger partial charge in [-0.15, -0.1) is 0 Å². The minimum Gasteiger partial charge on any atom is -0.478 e. The van der Waals surface area contributed by atoms with Gasteiger partial charge in [0.15, 0.2) is 0 Å². The summed E-state index contributed by atoms with van der Waals surface area (Å²) in [5.74, 6) is -0.698. The van der Waals surface area contributed by atoms with E-state index >= 15 is 0 Å². The number of carboxylic acids is 1. The van der Waals surface area contributed by atoms with Gasteiger partial charge < -0.3 is 10.0 Å². The monoisotopic (exact) mass is 351 g/mol. The van der Waals surface area contributed by atoms with E-state index in [1.54, 1.807) is 12.3 Å². The molecule has 1 aliphatic rings. The molecular weight excluding hydrogens is 333 g/mol. The molecule has 0 saturated carbocycles. The van der Waals surface area contributed by atoms with E-state index in [4.69, 9.17) is 5.11 Å². The van der Waals surface area contributed by atoms with Crippen molar-refractivity contribution in [3.63, 3.8) is 0 Å². The number of hydrogen-bond acceptors (Lipinski definition) is 4. The van der Waals surface area contributed by atoms with E-state index in [0.717, 1.165) is 48.3 Å². The van der Waals surface area contributed by atoms with Crippen LogP contribution in [0.4, 0.5) is 10.2 Å². The zero-order valence-electron chi connectivity index (χ0n) is 14.1. The highest BCUT2D eigenvalue weighted by molar-refractivity contribution is 5.88. The lowest BCUT2D eigenvalue weighted by atomic mass is 9.97. The first-order valence-electron chi connectivity index (χ1n) is 8.58. The maximum atomic E-state index is 13.5. The van der Waals surface area contributed by atoms with Crippen LogP contribution in [0.2, 0.25) is 0 Å². The summed E-state index contributed by atoms with van der Waals surface area (Å²) in [4.78, 5) is 22.4. The summed E-state index contributed by atoms with van der Waals surface area (Å²) in [7, 11) is 0. The van der Waals surface area contributed by atoms with Gasteiger partial charge in [-0.3, -0.25) is 4.98 Å². The molecule has 1 atom stereocenters. The Bertz CT molecular complexity index is 976. The first-order chi connectivity index (χ1) is 12.6. The zero-order chi connectivity index (χ0) is 18.1. The van der Waals surface area contributed by atoms with Crippen molar-refractivity contribution in [2.45, 2.75) is 12.8 Å². The van der Waals surface area contributed by atoms with Crippen LogP contribution in [0.5, 0.6) is 0 Å². The largest absolute Gasteiger partial charge is 0.478 e. The van der Waals surface area contributed by atoms with E-state index in [9.17, 15) is 9.18 Å².